The van der Waals surface area contributed by atoms with Crippen molar-refractivity contribution in [2.24, 2.45) is 0 Å². The highest BCUT2D eigenvalue weighted by Crippen LogP contribution is 2.29. The molecule has 7 heteroatoms. The van der Waals surface area contributed by atoms with Gasteiger partial charge >= 0.3 is 0 Å². The normalized spacial score (nSPS) is 11.9. The summed E-state index contributed by atoms with van der Waals surface area (Å²) in [5.41, 5.74) is 0.155. The summed E-state index contributed by atoms with van der Waals surface area (Å²) in [4.78, 5) is 3.75. The minimum Gasteiger partial charge on any atom is -0.506 e. The molecule has 0 atom stereocenters. The second kappa shape index (κ2) is 3.82. The zero-order valence-corrected chi connectivity index (χ0v) is 10.7. The molecule has 0 fully saturated rings. The molecule has 1 aromatic heterocycles. The number of hydrogen-bond donors (Lipinski definition) is 2. The Morgan fingerprint density at radius 1 is 1.19 bits per heavy atom. The summed E-state index contributed by atoms with van der Waals surface area (Å²) in [7, 11) is -4.31. The highest BCUT2D eigenvalue weighted by Gasteiger charge is 2.16. The van der Waals surface area contributed by atoms with Crippen molar-refractivity contribution in [3.63, 3.8) is 0 Å². The molecule has 0 saturated heterocycles. The Bertz CT molecular complexity index is 669. The summed E-state index contributed by atoms with van der Waals surface area (Å²) in [6, 6.07) is 5.42. The maximum absolute atomic E-state index is 11.1. The first kappa shape index (κ1) is 11.6. The minimum atomic E-state index is -4.31. The minimum absolute atomic E-state index is 0.124. The third-order valence-electron chi connectivity index (χ3n) is 2.04. The Morgan fingerprint density at radius 3 is 2.50 bits per heavy atom. The first-order valence-corrected chi connectivity index (χ1v) is 6.67. The number of pyridine rings is 1. The molecular weight excluding hydrogens is 345 g/mol. The molecule has 1 aromatic carbocycles. The Hall–Kier alpha value is -0.930. The van der Waals surface area contributed by atoms with Crippen LogP contribution in [0.2, 0.25) is 0 Å². The molecular formula is C9H6INO4S. The van der Waals surface area contributed by atoms with Gasteiger partial charge in [-0.05, 0) is 46.9 Å². The van der Waals surface area contributed by atoms with Crippen molar-refractivity contribution in [2.45, 2.75) is 4.90 Å². The lowest BCUT2D eigenvalue weighted by atomic mass is 10.2. The second-order valence-electron chi connectivity index (χ2n) is 3.09. The summed E-state index contributed by atoms with van der Waals surface area (Å²) in [5, 5.41) is 9.74. The molecule has 2 N–H and O–H groups in total. The summed E-state index contributed by atoms with van der Waals surface area (Å²) in [5.74, 6) is -0.124. The SMILES string of the molecule is O=S(=O)(O)c1ccc(O)c2nc(I)ccc12. The molecule has 2 aromatic rings. The van der Waals surface area contributed by atoms with Gasteiger partial charge < -0.3 is 5.11 Å². The highest BCUT2D eigenvalue weighted by atomic mass is 127. The van der Waals surface area contributed by atoms with E-state index in [0.29, 0.717) is 3.70 Å². The van der Waals surface area contributed by atoms with E-state index in [4.69, 9.17) is 4.55 Å². The van der Waals surface area contributed by atoms with Crippen molar-refractivity contribution in [1.82, 2.24) is 4.98 Å². The van der Waals surface area contributed by atoms with Crippen molar-refractivity contribution >= 4 is 43.6 Å². The van der Waals surface area contributed by atoms with E-state index < -0.39 is 10.1 Å². The van der Waals surface area contributed by atoms with Gasteiger partial charge in [0, 0.05) is 5.39 Å². The van der Waals surface area contributed by atoms with Crippen molar-refractivity contribution in [1.29, 1.82) is 0 Å². The quantitative estimate of drug-likeness (QED) is 0.465. The molecule has 1 heterocycles. The number of phenolic OH excluding ortho intramolecular Hbond substituents is 1. The molecule has 0 unspecified atom stereocenters. The molecule has 84 valence electrons. The number of halogens is 1. The zero-order valence-electron chi connectivity index (χ0n) is 7.75. The number of benzene rings is 1. The smallest absolute Gasteiger partial charge is 0.295 e. The number of aromatic nitrogens is 1. The first-order chi connectivity index (χ1) is 7.39. The van der Waals surface area contributed by atoms with Crippen LogP contribution in [0, 0.1) is 3.70 Å². The highest BCUT2D eigenvalue weighted by molar-refractivity contribution is 14.1. The van der Waals surface area contributed by atoms with Crippen LogP contribution < -0.4 is 0 Å². The maximum atomic E-state index is 11.1. The topological polar surface area (TPSA) is 87.5 Å². The van der Waals surface area contributed by atoms with E-state index in [1.54, 1.807) is 6.07 Å². The fourth-order valence-electron chi connectivity index (χ4n) is 1.38. The molecule has 0 aliphatic rings. The number of fused-ring (bicyclic) bond motifs is 1. The molecule has 0 radical (unpaired) electrons. The Balaban J connectivity index is 2.96. The number of aromatic hydroxyl groups is 1. The van der Waals surface area contributed by atoms with Crippen molar-refractivity contribution < 1.29 is 18.1 Å². The van der Waals surface area contributed by atoms with Crippen molar-refractivity contribution in [3.8, 4) is 5.75 Å². The number of phenols is 1. The first-order valence-electron chi connectivity index (χ1n) is 4.15. The van der Waals surface area contributed by atoms with Crippen molar-refractivity contribution in [2.75, 3.05) is 0 Å². The second-order valence-corrected chi connectivity index (χ2v) is 5.58. The van der Waals surface area contributed by atoms with E-state index in [9.17, 15) is 13.5 Å². The fraction of sp³-hybridized carbons (Fsp3) is 0. The Labute approximate surface area is 105 Å². The fourth-order valence-corrected chi connectivity index (χ4v) is 2.48. The molecule has 0 aliphatic carbocycles. The molecule has 2 rings (SSSR count). The molecule has 0 spiro atoms. The van der Waals surface area contributed by atoms with Crippen LogP contribution in [-0.4, -0.2) is 23.1 Å². The van der Waals surface area contributed by atoms with E-state index in [2.05, 4.69) is 4.98 Å². The van der Waals surface area contributed by atoms with E-state index in [0.717, 1.165) is 6.07 Å². The molecule has 0 aliphatic heterocycles. The number of nitrogens with zero attached hydrogens (tertiary/aromatic N) is 1. The molecule has 16 heavy (non-hydrogen) atoms. The lowest BCUT2D eigenvalue weighted by Gasteiger charge is -2.05. The molecule has 0 amide bonds. The average Bonchev–Trinajstić information content (AvgIpc) is 2.17. The van der Waals surface area contributed by atoms with Gasteiger partial charge in [-0.1, -0.05) is 0 Å². The Morgan fingerprint density at radius 2 is 1.88 bits per heavy atom. The number of rotatable bonds is 1. The largest absolute Gasteiger partial charge is 0.506 e. The molecule has 5 nitrogen and oxygen atoms in total. The van der Waals surface area contributed by atoms with E-state index in [1.807, 2.05) is 22.6 Å². The predicted molar refractivity (Wildman–Crippen MR) is 65.9 cm³/mol. The molecule has 0 saturated carbocycles. The van der Waals surface area contributed by atoms with Crippen molar-refractivity contribution in [3.05, 3.63) is 28.0 Å². The predicted octanol–water partition coefficient (Wildman–Crippen LogP) is 1.79. The summed E-state index contributed by atoms with van der Waals surface area (Å²) >= 11 is 1.94. The van der Waals surface area contributed by atoms with Crippen LogP contribution in [-0.2, 0) is 10.1 Å². The monoisotopic (exact) mass is 351 g/mol. The summed E-state index contributed by atoms with van der Waals surface area (Å²) < 4.78 is 31.8. The van der Waals surface area contributed by atoms with Gasteiger partial charge in [0.25, 0.3) is 10.1 Å². The van der Waals surface area contributed by atoms with Crippen LogP contribution in [0.5, 0.6) is 5.75 Å². The molecule has 0 bridgehead atoms. The summed E-state index contributed by atoms with van der Waals surface area (Å²) in [6.07, 6.45) is 0. The van der Waals surface area contributed by atoms with Gasteiger partial charge in [-0.25, -0.2) is 4.98 Å². The van der Waals surface area contributed by atoms with Gasteiger partial charge in [0.1, 0.15) is 19.9 Å². The zero-order chi connectivity index (χ0) is 11.9. The number of hydrogen-bond acceptors (Lipinski definition) is 4. The van der Waals surface area contributed by atoms with Crippen LogP contribution in [0.15, 0.2) is 29.2 Å². The van der Waals surface area contributed by atoms with Gasteiger partial charge in [0.15, 0.2) is 0 Å². The van der Waals surface area contributed by atoms with Crippen LogP contribution in [0.4, 0.5) is 0 Å². The lowest BCUT2D eigenvalue weighted by molar-refractivity contribution is 0.478. The average molecular weight is 351 g/mol. The van der Waals surface area contributed by atoms with E-state index >= 15 is 0 Å². The third kappa shape index (κ3) is 1.97. The Kier molecular flexibility index (Phi) is 2.76. The van der Waals surface area contributed by atoms with Crippen LogP contribution in [0.1, 0.15) is 0 Å². The van der Waals surface area contributed by atoms with Gasteiger partial charge in [0.05, 0.1) is 0 Å². The van der Waals surface area contributed by atoms with E-state index in [-0.39, 0.29) is 21.5 Å². The standard InChI is InChI=1S/C9H6INO4S/c10-8-4-1-5-7(16(13,14)15)3-2-6(12)9(5)11-8/h1-4,12H,(H,13,14,15). The lowest BCUT2D eigenvalue weighted by Crippen LogP contribution is -1.99. The van der Waals surface area contributed by atoms with Crippen LogP contribution >= 0.6 is 22.6 Å². The van der Waals surface area contributed by atoms with Gasteiger partial charge in [0.2, 0.25) is 0 Å². The van der Waals surface area contributed by atoms with Gasteiger partial charge in [-0.2, -0.15) is 8.42 Å². The van der Waals surface area contributed by atoms with Gasteiger partial charge in [-0.3, -0.25) is 4.55 Å². The van der Waals surface area contributed by atoms with Gasteiger partial charge in [-0.15, -0.1) is 0 Å². The maximum Gasteiger partial charge on any atom is 0.295 e. The van der Waals surface area contributed by atoms with E-state index in [1.165, 1.54) is 12.1 Å². The third-order valence-corrected chi connectivity index (χ3v) is 3.55. The van der Waals surface area contributed by atoms with Crippen LogP contribution in [0.3, 0.4) is 0 Å². The summed E-state index contributed by atoms with van der Waals surface area (Å²) in [6.45, 7) is 0. The van der Waals surface area contributed by atoms with Crippen LogP contribution in [0.25, 0.3) is 10.9 Å².